The minimum atomic E-state index is 0.581. The van der Waals surface area contributed by atoms with Gasteiger partial charge in [0.05, 0.1) is 19.7 Å². The lowest BCUT2D eigenvalue weighted by Crippen LogP contribution is -2.11. The summed E-state index contributed by atoms with van der Waals surface area (Å²) in [5.74, 6) is 8.05. The number of anilines is 1. The molecule has 0 radical (unpaired) electrons. The Kier molecular flexibility index (Phi) is 3.47. The molecule has 96 valence electrons. The first-order valence-corrected chi connectivity index (χ1v) is 5.62. The number of fused-ring (bicyclic) bond motifs is 1. The maximum absolute atomic E-state index is 5.49. The highest BCUT2D eigenvalue weighted by molar-refractivity contribution is 5.91. The highest BCUT2D eigenvalue weighted by Crippen LogP contribution is 2.33. The second kappa shape index (κ2) is 5.05. The van der Waals surface area contributed by atoms with Crippen LogP contribution in [-0.2, 0) is 6.42 Å². The van der Waals surface area contributed by atoms with Crippen LogP contribution >= 0.6 is 0 Å². The van der Waals surface area contributed by atoms with E-state index in [1.807, 2.05) is 19.1 Å². The molecule has 0 amide bonds. The first-order chi connectivity index (χ1) is 8.73. The van der Waals surface area contributed by atoms with E-state index in [-0.39, 0.29) is 0 Å². The molecule has 0 spiro atoms. The van der Waals surface area contributed by atoms with Crippen molar-refractivity contribution in [3.05, 3.63) is 18.0 Å². The van der Waals surface area contributed by atoms with E-state index in [0.717, 1.165) is 23.1 Å². The number of aryl methyl sites for hydroxylation is 1. The third-order valence-corrected chi connectivity index (χ3v) is 2.70. The van der Waals surface area contributed by atoms with Crippen molar-refractivity contribution < 1.29 is 9.47 Å². The molecule has 3 N–H and O–H groups in total. The van der Waals surface area contributed by atoms with Gasteiger partial charge in [0.15, 0.2) is 17.3 Å². The first-order valence-electron chi connectivity index (χ1n) is 5.62. The molecule has 0 unspecified atom stereocenters. The van der Waals surface area contributed by atoms with E-state index < -0.39 is 0 Å². The summed E-state index contributed by atoms with van der Waals surface area (Å²) in [5.41, 5.74) is 3.36. The molecule has 0 aliphatic rings. The van der Waals surface area contributed by atoms with Crippen LogP contribution in [0.2, 0.25) is 0 Å². The summed E-state index contributed by atoms with van der Waals surface area (Å²) in [4.78, 5) is 8.77. The fourth-order valence-corrected chi connectivity index (χ4v) is 1.77. The number of hydrazine groups is 1. The number of hydrogen-bond donors (Lipinski definition) is 2. The standard InChI is InChI=1S/C12H16N4O2/c1-4-11-14-8-6-10(18-3)9(17-2)5-7(8)12(15-11)16-13/h5-6H,4,13H2,1-3H3,(H,14,15,16). The van der Waals surface area contributed by atoms with Gasteiger partial charge in [-0.2, -0.15) is 0 Å². The lowest BCUT2D eigenvalue weighted by Gasteiger charge is -2.11. The van der Waals surface area contributed by atoms with Gasteiger partial charge in [0.2, 0.25) is 0 Å². The van der Waals surface area contributed by atoms with Crippen molar-refractivity contribution in [1.29, 1.82) is 0 Å². The van der Waals surface area contributed by atoms with Crippen LogP contribution in [0.3, 0.4) is 0 Å². The predicted octanol–water partition coefficient (Wildman–Crippen LogP) is 1.49. The molecule has 0 aliphatic carbocycles. The van der Waals surface area contributed by atoms with Gasteiger partial charge < -0.3 is 14.9 Å². The zero-order valence-corrected chi connectivity index (χ0v) is 10.7. The maximum Gasteiger partial charge on any atom is 0.162 e. The molecule has 0 fully saturated rings. The van der Waals surface area contributed by atoms with E-state index in [0.29, 0.717) is 17.3 Å². The summed E-state index contributed by atoms with van der Waals surface area (Å²) in [6.07, 6.45) is 0.735. The van der Waals surface area contributed by atoms with Crippen molar-refractivity contribution in [3.63, 3.8) is 0 Å². The Balaban J connectivity index is 2.74. The van der Waals surface area contributed by atoms with Crippen LogP contribution in [0.15, 0.2) is 12.1 Å². The topological polar surface area (TPSA) is 82.3 Å². The van der Waals surface area contributed by atoms with Crippen LogP contribution in [0.1, 0.15) is 12.7 Å². The molecule has 2 rings (SSSR count). The molecule has 0 saturated carbocycles. The number of methoxy groups -OCH3 is 2. The minimum absolute atomic E-state index is 0.581. The summed E-state index contributed by atoms with van der Waals surface area (Å²) in [6.45, 7) is 1.99. The lowest BCUT2D eigenvalue weighted by molar-refractivity contribution is 0.356. The smallest absolute Gasteiger partial charge is 0.162 e. The Morgan fingerprint density at radius 1 is 1.17 bits per heavy atom. The molecular weight excluding hydrogens is 232 g/mol. The molecule has 0 aliphatic heterocycles. The van der Waals surface area contributed by atoms with Gasteiger partial charge in [0.1, 0.15) is 5.82 Å². The van der Waals surface area contributed by atoms with Gasteiger partial charge in [-0.15, -0.1) is 0 Å². The maximum atomic E-state index is 5.49. The SMILES string of the molecule is CCc1nc(NN)c2cc(OC)c(OC)cc2n1. The predicted molar refractivity (Wildman–Crippen MR) is 69.8 cm³/mol. The van der Waals surface area contributed by atoms with Gasteiger partial charge in [-0.25, -0.2) is 15.8 Å². The summed E-state index contributed by atoms with van der Waals surface area (Å²) < 4.78 is 10.5. The number of hydrogen-bond acceptors (Lipinski definition) is 6. The Labute approximate surface area is 105 Å². The van der Waals surface area contributed by atoms with Crippen molar-refractivity contribution in [2.24, 2.45) is 5.84 Å². The quantitative estimate of drug-likeness (QED) is 0.630. The Morgan fingerprint density at radius 2 is 1.83 bits per heavy atom. The third-order valence-electron chi connectivity index (χ3n) is 2.70. The molecule has 6 heteroatoms. The monoisotopic (exact) mass is 248 g/mol. The zero-order valence-electron chi connectivity index (χ0n) is 10.7. The van der Waals surface area contributed by atoms with Crippen molar-refractivity contribution in [2.45, 2.75) is 13.3 Å². The van der Waals surface area contributed by atoms with Gasteiger partial charge in [-0.05, 0) is 6.07 Å². The van der Waals surface area contributed by atoms with Crippen molar-refractivity contribution in [3.8, 4) is 11.5 Å². The van der Waals surface area contributed by atoms with Crippen molar-refractivity contribution in [1.82, 2.24) is 9.97 Å². The Hall–Kier alpha value is -2.08. The molecule has 18 heavy (non-hydrogen) atoms. The van der Waals surface area contributed by atoms with Gasteiger partial charge in [-0.1, -0.05) is 6.92 Å². The molecule has 0 saturated heterocycles. The first kappa shape index (κ1) is 12.4. The fourth-order valence-electron chi connectivity index (χ4n) is 1.77. The lowest BCUT2D eigenvalue weighted by atomic mass is 10.2. The van der Waals surface area contributed by atoms with Gasteiger partial charge in [0.25, 0.3) is 0 Å². The molecule has 2 aromatic rings. The molecule has 1 aromatic carbocycles. The van der Waals surface area contributed by atoms with Crippen molar-refractivity contribution in [2.75, 3.05) is 19.6 Å². The molecule has 0 bridgehead atoms. The fraction of sp³-hybridized carbons (Fsp3) is 0.333. The molecule has 0 atom stereocenters. The molecule has 1 aromatic heterocycles. The van der Waals surface area contributed by atoms with Gasteiger partial charge >= 0.3 is 0 Å². The molecule has 1 heterocycles. The molecule has 6 nitrogen and oxygen atoms in total. The number of aromatic nitrogens is 2. The van der Waals surface area contributed by atoms with Gasteiger partial charge in [0, 0.05) is 17.9 Å². The third kappa shape index (κ3) is 2.02. The van der Waals surface area contributed by atoms with Crippen LogP contribution in [-0.4, -0.2) is 24.2 Å². The number of nitrogen functional groups attached to an aromatic ring is 1. The number of nitrogens with one attached hydrogen (secondary N) is 1. The van der Waals surface area contributed by atoms with Crippen LogP contribution in [0.25, 0.3) is 10.9 Å². The van der Waals surface area contributed by atoms with Crippen LogP contribution < -0.4 is 20.7 Å². The minimum Gasteiger partial charge on any atom is -0.493 e. The number of nitrogens with two attached hydrogens (primary N) is 1. The normalized spacial score (nSPS) is 10.4. The Bertz CT molecular complexity index is 571. The van der Waals surface area contributed by atoms with Crippen molar-refractivity contribution >= 4 is 16.7 Å². The average molecular weight is 248 g/mol. The van der Waals surface area contributed by atoms with E-state index in [9.17, 15) is 0 Å². The van der Waals surface area contributed by atoms with E-state index >= 15 is 0 Å². The highest BCUT2D eigenvalue weighted by atomic mass is 16.5. The highest BCUT2D eigenvalue weighted by Gasteiger charge is 2.11. The molecular formula is C12H16N4O2. The number of rotatable bonds is 4. The summed E-state index contributed by atoms with van der Waals surface area (Å²) >= 11 is 0. The number of ether oxygens (including phenoxy) is 2. The van der Waals surface area contributed by atoms with Crippen LogP contribution in [0.5, 0.6) is 11.5 Å². The number of nitrogens with zero attached hydrogens (tertiary/aromatic N) is 2. The second-order valence-electron chi connectivity index (χ2n) is 3.71. The zero-order chi connectivity index (χ0) is 13.1. The van der Waals surface area contributed by atoms with Gasteiger partial charge in [-0.3, -0.25) is 0 Å². The van der Waals surface area contributed by atoms with Crippen LogP contribution in [0, 0.1) is 0 Å². The summed E-state index contributed by atoms with van der Waals surface area (Å²) in [5, 5.41) is 0.798. The summed E-state index contributed by atoms with van der Waals surface area (Å²) in [6, 6.07) is 3.62. The number of benzene rings is 1. The van der Waals surface area contributed by atoms with E-state index in [1.54, 1.807) is 14.2 Å². The van der Waals surface area contributed by atoms with E-state index in [4.69, 9.17) is 15.3 Å². The van der Waals surface area contributed by atoms with E-state index in [2.05, 4.69) is 15.4 Å². The summed E-state index contributed by atoms with van der Waals surface area (Å²) in [7, 11) is 3.17. The average Bonchev–Trinajstić information content (AvgIpc) is 2.44. The second-order valence-corrected chi connectivity index (χ2v) is 3.71. The Morgan fingerprint density at radius 3 is 2.39 bits per heavy atom. The van der Waals surface area contributed by atoms with E-state index in [1.165, 1.54) is 0 Å². The van der Waals surface area contributed by atoms with Crippen LogP contribution in [0.4, 0.5) is 5.82 Å². The largest absolute Gasteiger partial charge is 0.493 e.